The van der Waals surface area contributed by atoms with Gasteiger partial charge < -0.3 is 15.7 Å². The molecule has 3 N–H and O–H groups in total. The van der Waals surface area contributed by atoms with Crippen LogP contribution in [-0.2, 0) is 6.42 Å². The van der Waals surface area contributed by atoms with Crippen molar-refractivity contribution < 1.29 is 5.11 Å². The van der Waals surface area contributed by atoms with E-state index in [0.29, 0.717) is 12.2 Å². The van der Waals surface area contributed by atoms with E-state index >= 15 is 0 Å². The van der Waals surface area contributed by atoms with Gasteiger partial charge in [-0.1, -0.05) is 36.4 Å². The Labute approximate surface area is 119 Å². The Morgan fingerprint density at radius 2 is 1.85 bits per heavy atom. The fourth-order valence-corrected chi connectivity index (χ4v) is 2.92. The Morgan fingerprint density at radius 3 is 2.70 bits per heavy atom. The van der Waals surface area contributed by atoms with Gasteiger partial charge in [0.15, 0.2) is 0 Å². The van der Waals surface area contributed by atoms with Crippen molar-refractivity contribution in [2.45, 2.75) is 18.9 Å². The Morgan fingerprint density at radius 1 is 1.10 bits per heavy atom. The van der Waals surface area contributed by atoms with Gasteiger partial charge in [0.1, 0.15) is 0 Å². The summed E-state index contributed by atoms with van der Waals surface area (Å²) in [5, 5.41) is 10.5. The van der Waals surface area contributed by atoms with Gasteiger partial charge in [-0.2, -0.15) is 0 Å². The van der Waals surface area contributed by atoms with Crippen molar-refractivity contribution in [2.24, 2.45) is 0 Å². The minimum absolute atomic E-state index is 0.553. The first-order valence-electron chi connectivity index (χ1n) is 7.11. The van der Waals surface area contributed by atoms with Crippen LogP contribution in [0, 0.1) is 0 Å². The molecule has 2 aromatic rings. The topological polar surface area (TPSA) is 49.5 Å². The SMILES string of the molecule is Nc1ccccc1C(O)CN1CCCc2ccccc21. The quantitative estimate of drug-likeness (QED) is 0.842. The zero-order chi connectivity index (χ0) is 13.9. The molecule has 104 valence electrons. The van der Waals surface area contributed by atoms with E-state index in [1.165, 1.54) is 11.3 Å². The number of anilines is 2. The Bertz CT molecular complexity index is 597. The first-order valence-corrected chi connectivity index (χ1v) is 7.11. The molecule has 3 heteroatoms. The van der Waals surface area contributed by atoms with E-state index in [4.69, 9.17) is 5.73 Å². The third-order valence-corrected chi connectivity index (χ3v) is 3.95. The Hall–Kier alpha value is -2.00. The number of nitrogen functional groups attached to an aromatic ring is 1. The molecule has 0 aromatic heterocycles. The highest BCUT2D eigenvalue weighted by atomic mass is 16.3. The van der Waals surface area contributed by atoms with Crippen LogP contribution in [0.2, 0.25) is 0 Å². The van der Waals surface area contributed by atoms with E-state index in [1.54, 1.807) is 0 Å². The standard InChI is InChI=1S/C17H20N2O/c18-15-9-3-2-8-14(15)17(20)12-19-11-5-7-13-6-1-4-10-16(13)19/h1-4,6,8-10,17,20H,5,7,11-12,18H2. The molecule has 0 aliphatic carbocycles. The maximum Gasteiger partial charge on any atom is 0.0984 e. The summed E-state index contributed by atoms with van der Waals surface area (Å²) in [6.45, 7) is 1.58. The van der Waals surface area contributed by atoms with Gasteiger partial charge in [-0.15, -0.1) is 0 Å². The summed E-state index contributed by atoms with van der Waals surface area (Å²) in [7, 11) is 0. The lowest BCUT2D eigenvalue weighted by Gasteiger charge is -2.33. The number of hydrogen-bond donors (Lipinski definition) is 2. The molecular formula is C17H20N2O. The molecule has 1 unspecified atom stereocenters. The lowest BCUT2D eigenvalue weighted by molar-refractivity contribution is 0.183. The van der Waals surface area contributed by atoms with Gasteiger partial charge in [0, 0.05) is 30.0 Å². The molecule has 0 amide bonds. The predicted octanol–water partition coefficient (Wildman–Crippen LogP) is 2.76. The van der Waals surface area contributed by atoms with E-state index in [9.17, 15) is 5.11 Å². The second kappa shape index (κ2) is 5.55. The number of hydrogen-bond acceptors (Lipinski definition) is 3. The third-order valence-electron chi connectivity index (χ3n) is 3.95. The van der Waals surface area contributed by atoms with Crippen molar-refractivity contribution in [3.05, 3.63) is 59.7 Å². The molecule has 1 aliphatic rings. The first kappa shape index (κ1) is 13.0. The number of para-hydroxylation sites is 2. The van der Waals surface area contributed by atoms with Crippen molar-refractivity contribution in [2.75, 3.05) is 23.7 Å². The number of aryl methyl sites for hydroxylation is 1. The summed E-state index contributed by atoms with van der Waals surface area (Å²) in [5.41, 5.74) is 10.0. The summed E-state index contributed by atoms with van der Waals surface area (Å²) in [5.74, 6) is 0. The van der Waals surface area contributed by atoms with Gasteiger partial charge in [0.25, 0.3) is 0 Å². The number of benzene rings is 2. The molecule has 0 saturated carbocycles. The number of nitrogens with two attached hydrogens (primary N) is 1. The minimum Gasteiger partial charge on any atom is -0.398 e. The summed E-state index contributed by atoms with van der Waals surface area (Å²) in [4.78, 5) is 2.26. The molecule has 20 heavy (non-hydrogen) atoms. The maximum atomic E-state index is 10.5. The molecular weight excluding hydrogens is 248 g/mol. The summed E-state index contributed by atoms with van der Waals surface area (Å²) in [6.07, 6.45) is 1.70. The Kier molecular flexibility index (Phi) is 3.61. The molecule has 2 aromatic carbocycles. The largest absolute Gasteiger partial charge is 0.398 e. The van der Waals surface area contributed by atoms with Crippen LogP contribution in [0.15, 0.2) is 48.5 Å². The van der Waals surface area contributed by atoms with E-state index in [-0.39, 0.29) is 0 Å². The molecule has 1 aliphatic heterocycles. The van der Waals surface area contributed by atoms with Gasteiger partial charge >= 0.3 is 0 Å². The van der Waals surface area contributed by atoms with Crippen LogP contribution in [0.3, 0.4) is 0 Å². The molecule has 0 radical (unpaired) electrons. The number of fused-ring (bicyclic) bond motifs is 1. The summed E-state index contributed by atoms with van der Waals surface area (Å²) < 4.78 is 0. The van der Waals surface area contributed by atoms with Gasteiger partial charge in [-0.3, -0.25) is 0 Å². The molecule has 0 bridgehead atoms. The molecule has 0 spiro atoms. The number of aliphatic hydroxyl groups excluding tert-OH is 1. The van der Waals surface area contributed by atoms with E-state index in [2.05, 4.69) is 29.2 Å². The fraction of sp³-hybridized carbons (Fsp3) is 0.294. The normalized spacial score (nSPS) is 15.8. The van der Waals surface area contributed by atoms with Crippen LogP contribution in [0.25, 0.3) is 0 Å². The van der Waals surface area contributed by atoms with Crippen LogP contribution < -0.4 is 10.6 Å². The fourth-order valence-electron chi connectivity index (χ4n) is 2.92. The average Bonchev–Trinajstić information content (AvgIpc) is 2.48. The second-order valence-electron chi connectivity index (χ2n) is 5.32. The molecule has 1 atom stereocenters. The van der Waals surface area contributed by atoms with Gasteiger partial charge in [-0.05, 0) is 30.5 Å². The molecule has 3 rings (SSSR count). The van der Waals surface area contributed by atoms with E-state index in [1.807, 2.05) is 24.3 Å². The summed E-state index contributed by atoms with van der Waals surface area (Å²) >= 11 is 0. The highest BCUT2D eigenvalue weighted by Gasteiger charge is 2.20. The van der Waals surface area contributed by atoms with Crippen LogP contribution in [0.1, 0.15) is 23.7 Å². The number of aliphatic hydroxyl groups is 1. The maximum absolute atomic E-state index is 10.5. The highest BCUT2D eigenvalue weighted by molar-refractivity contribution is 5.56. The van der Waals surface area contributed by atoms with Gasteiger partial charge in [0.2, 0.25) is 0 Å². The van der Waals surface area contributed by atoms with Crippen molar-refractivity contribution in [1.29, 1.82) is 0 Å². The third kappa shape index (κ3) is 2.49. The Balaban J connectivity index is 1.81. The van der Waals surface area contributed by atoms with Crippen molar-refractivity contribution in [3.8, 4) is 0 Å². The van der Waals surface area contributed by atoms with Crippen molar-refractivity contribution in [1.82, 2.24) is 0 Å². The van der Waals surface area contributed by atoms with Gasteiger partial charge in [-0.25, -0.2) is 0 Å². The zero-order valence-corrected chi connectivity index (χ0v) is 11.5. The van der Waals surface area contributed by atoms with Gasteiger partial charge in [0.05, 0.1) is 6.10 Å². The molecule has 0 saturated heterocycles. The second-order valence-corrected chi connectivity index (χ2v) is 5.32. The first-order chi connectivity index (χ1) is 9.75. The number of β-amino-alcohol motifs (C(OH)–C–C–N with tert-alkyl or cyclic N) is 1. The van der Waals surface area contributed by atoms with Crippen molar-refractivity contribution >= 4 is 11.4 Å². The molecule has 1 heterocycles. The summed E-state index contributed by atoms with van der Waals surface area (Å²) in [6, 6.07) is 16.0. The highest BCUT2D eigenvalue weighted by Crippen LogP contribution is 2.29. The smallest absolute Gasteiger partial charge is 0.0984 e. The van der Waals surface area contributed by atoms with Crippen LogP contribution in [0.4, 0.5) is 11.4 Å². The van der Waals surface area contributed by atoms with E-state index < -0.39 is 6.10 Å². The minimum atomic E-state index is -0.553. The van der Waals surface area contributed by atoms with Crippen molar-refractivity contribution in [3.63, 3.8) is 0 Å². The average molecular weight is 268 g/mol. The lowest BCUT2D eigenvalue weighted by Crippen LogP contribution is -2.33. The molecule has 0 fully saturated rings. The lowest BCUT2D eigenvalue weighted by atomic mass is 10.00. The van der Waals surface area contributed by atoms with Crippen LogP contribution in [0.5, 0.6) is 0 Å². The van der Waals surface area contributed by atoms with Crippen LogP contribution in [-0.4, -0.2) is 18.2 Å². The predicted molar refractivity (Wildman–Crippen MR) is 82.8 cm³/mol. The number of rotatable bonds is 3. The molecule has 3 nitrogen and oxygen atoms in total. The van der Waals surface area contributed by atoms with E-state index in [0.717, 1.165) is 24.9 Å². The monoisotopic (exact) mass is 268 g/mol. The zero-order valence-electron chi connectivity index (χ0n) is 11.5. The van der Waals surface area contributed by atoms with Crippen LogP contribution >= 0.6 is 0 Å². The number of nitrogens with zero attached hydrogens (tertiary/aromatic N) is 1.